The van der Waals surface area contributed by atoms with Crippen LogP contribution < -0.4 is 5.32 Å². The Morgan fingerprint density at radius 2 is 2.22 bits per heavy atom. The van der Waals surface area contributed by atoms with Crippen molar-refractivity contribution in [2.24, 2.45) is 0 Å². The largest absolute Gasteiger partial charge is 0.478 e. The molecule has 8 heteroatoms. The van der Waals surface area contributed by atoms with Gasteiger partial charge in [0.05, 0.1) is 12.0 Å². The van der Waals surface area contributed by atoms with Crippen LogP contribution in [0, 0.1) is 0 Å². The molecule has 1 aromatic carbocycles. The van der Waals surface area contributed by atoms with Gasteiger partial charge in [-0.2, -0.15) is 5.21 Å². The molecule has 1 amide bonds. The molecule has 92 valence electrons. The quantitative estimate of drug-likeness (QED) is 0.703. The van der Waals surface area contributed by atoms with Crippen molar-refractivity contribution in [3.63, 3.8) is 0 Å². The van der Waals surface area contributed by atoms with E-state index in [0.29, 0.717) is 5.69 Å². The molecule has 2 aromatic rings. The minimum atomic E-state index is -1.05. The molecule has 0 bridgehead atoms. The van der Waals surface area contributed by atoms with Crippen molar-refractivity contribution in [1.29, 1.82) is 0 Å². The Labute approximate surface area is 101 Å². The number of hydrogen-bond donors (Lipinski definition) is 3. The second-order valence-corrected chi connectivity index (χ2v) is 3.44. The number of benzene rings is 1. The van der Waals surface area contributed by atoms with Crippen LogP contribution in [0.5, 0.6) is 0 Å². The summed E-state index contributed by atoms with van der Waals surface area (Å²) in [5, 5.41) is 24.2. The van der Waals surface area contributed by atoms with Gasteiger partial charge < -0.3 is 10.4 Å². The van der Waals surface area contributed by atoms with Gasteiger partial charge in [-0.25, -0.2) is 4.79 Å². The summed E-state index contributed by atoms with van der Waals surface area (Å²) in [7, 11) is 0. The third-order valence-electron chi connectivity index (χ3n) is 2.10. The Morgan fingerprint density at radius 3 is 2.89 bits per heavy atom. The number of aromatic carboxylic acids is 1. The van der Waals surface area contributed by atoms with Crippen LogP contribution in [0.1, 0.15) is 16.2 Å². The van der Waals surface area contributed by atoms with Gasteiger partial charge in [-0.05, 0) is 18.2 Å². The molecule has 0 saturated heterocycles. The lowest BCUT2D eigenvalue weighted by molar-refractivity contribution is -0.115. The lowest BCUT2D eigenvalue weighted by atomic mass is 10.2. The molecule has 18 heavy (non-hydrogen) atoms. The van der Waals surface area contributed by atoms with Gasteiger partial charge in [-0.15, -0.1) is 10.2 Å². The highest BCUT2D eigenvalue weighted by atomic mass is 16.4. The van der Waals surface area contributed by atoms with E-state index >= 15 is 0 Å². The Balaban J connectivity index is 2.03. The molecule has 0 atom stereocenters. The first kappa shape index (κ1) is 11.7. The fraction of sp³-hybridized carbons (Fsp3) is 0.100. The van der Waals surface area contributed by atoms with Gasteiger partial charge >= 0.3 is 5.97 Å². The van der Waals surface area contributed by atoms with Gasteiger partial charge in [-0.1, -0.05) is 11.3 Å². The Kier molecular flexibility index (Phi) is 3.28. The van der Waals surface area contributed by atoms with Crippen LogP contribution in [-0.2, 0) is 11.2 Å². The molecule has 0 spiro atoms. The lowest BCUT2D eigenvalue weighted by Crippen LogP contribution is -2.15. The fourth-order valence-electron chi connectivity index (χ4n) is 1.34. The average molecular weight is 247 g/mol. The van der Waals surface area contributed by atoms with E-state index in [1.165, 1.54) is 12.1 Å². The number of rotatable bonds is 4. The molecule has 0 fully saturated rings. The third-order valence-corrected chi connectivity index (χ3v) is 2.10. The summed E-state index contributed by atoms with van der Waals surface area (Å²) in [5.74, 6) is -1.13. The smallest absolute Gasteiger partial charge is 0.335 e. The first-order valence-corrected chi connectivity index (χ1v) is 5.00. The van der Waals surface area contributed by atoms with E-state index in [0.717, 1.165) is 0 Å². The van der Waals surface area contributed by atoms with E-state index in [1.807, 2.05) is 0 Å². The summed E-state index contributed by atoms with van der Waals surface area (Å²) in [6, 6.07) is 5.96. The Hall–Kier alpha value is -2.77. The highest BCUT2D eigenvalue weighted by Gasteiger charge is 2.09. The van der Waals surface area contributed by atoms with Crippen molar-refractivity contribution in [3.05, 3.63) is 35.7 Å². The maximum Gasteiger partial charge on any atom is 0.335 e. The van der Waals surface area contributed by atoms with Crippen molar-refractivity contribution in [3.8, 4) is 0 Å². The third kappa shape index (κ3) is 2.88. The van der Waals surface area contributed by atoms with E-state index in [1.54, 1.807) is 12.1 Å². The number of nitrogens with one attached hydrogen (secondary N) is 2. The molecular weight excluding hydrogens is 238 g/mol. The standard InChI is InChI=1S/C10H9N5O3/c16-9(5-8-12-14-15-13-8)11-7-3-1-2-6(4-7)10(17)18/h1-4H,5H2,(H,11,16)(H,17,18)(H,12,13,14,15). The predicted molar refractivity (Wildman–Crippen MR) is 59.9 cm³/mol. The van der Waals surface area contributed by atoms with Crippen molar-refractivity contribution in [2.75, 3.05) is 5.32 Å². The van der Waals surface area contributed by atoms with Crippen LogP contribution in [-0.4, -0.2) is 37.6 Å². The predicted octanol–water partition coefficient (Wildman–Crippen LogP) is 0.0791. The Bertz CT molecular complexity index is 567. The monoisotopic (exact) mass is 247 g/mol. The number of nitrogens with zero attached hydrogens (tertiary/aromatic N) is 3. The SMILES string of the molecule is O=C(Cc1nn[nH]n1)Nc1cccc(C(=O)O)c1. The van der Waals surface area contributed by atoms with Gasteiger partial charge in [0.15, 0.2) is 5.82 Å². The number of carbonyl (C=O) groups excluding carboxylic acids is 1. The molecule has 0 saturated carbocycles. The lowest BCUT2D eigenvalue weighted by Gasteiger charge is -2.04. The minimum Gasteiger partial charge on any atom is -0.478 e. The van der Waals surface area contributed by atoms with Gasteiger partial charge in [-0.3, -0.25) is 4.79 Å². The second kappa shape index (κ2) is 5.04. The second-order valence-electron chi connectivity index (χ2n) is 3.44. The molecule has 0 aliphatic rings. The van der Waals surface area contributed by atoms with E-state index in [-0.39, 0.29) is 23.7 Å². The first-order valence-electron chi connectivity index (χ1n) is 5.00. The number of tetrazole rings is 1. The molecule has 1 heterocycles. The first-order chi connectivity index (χ1) is 8.65. The highest BCUT2D eigenvalue weighted by molar-refractivity contribution is 5.94. The van der Waals surface area contributed by atoms with E-state index in [2.05, 4.69) is 25.9 Å². The summed E-state index contributed by atoms with van der Waals surface area (Å²) >= 11 is 0. The normalized spacial score (nSPS) is 10.0. The van der Waals surface area contributed by atoms with Crippen LogP contribution in [0.15, 0.2) is 24.3 Å². The topological polar surface area (TPSA) is 121 Å². The molecule has 3 N–H and O–H groups in total. The number of carboxylic acids is 1. The van der Waals surface area contributed by atoms with Crippen LogP contribution in [0.25, 0.3) is 0 Å². The van der Waals surface area contributed by atoms with Crippen molar-refractivity contribution in [2.45, 2.75) is 6.42 Å². The molecule has 0 unspecified atom stereocenters. The van der Waals surface area contributed by atoms with Gasteiger partial charge in [0, 0.05) is 5.69 Å². The maximum atomic E-state index is 11.6. The molecule has 8 nitrogen and oxygen atoms in total. The van der Waals surface area contributed by atoms with Gasteiger partial charge in [0.1, 0.15) is 0 Å². The van der Waals surface area contributed by atoms with Gasteiger partial charge in [0.25, 0.3) is 0 Å². The number of carboxylic acid groups (broad SMARTS) is 1. The van der Waals surface area contributed by atoms with Crippen molar-refractivity contribution >= 4 is 17.6 Å². The maximum absolute atomic E-state index is 11.6. The zero-order valence-corrected chi connectivity index (χ0v) is 9.12. The highest BCUT2D eigenvalue weighted by Crippen LogP contribution is 2.10. The number of hydrogen-bond acceptors (Lipinski definition) is 5. The average Bonchev–Trinajstić information content (AvgIpc) is 2.82. The number of aromatic amines is 1. The van der Waals surface area contributed by atoms with Crippen molar-refractivity contribution in [1.82, 2.24) is 20.6 Å². The summed E-state index contributed by atoms with van der Waals surface area (Å²) in [6.07, 6.45) is -0.0339. The summed E-state index contributed by atoms with van der Waals surface area (Å²) in [4.78, 5) is 22.3. The molecule has 1 aromatic heterocycles. The summed E-state index contributed by atoms with van der Waals surface area (Å²) < 4.78 is 0. The van der Waals surface area contributed by atoms with Crippen LogP contribution in [0.2, 0.25) is 0 Å². The number of carbonyl (C=O) groups is 2. The van der Waals surface area contributed by atoms with Crippen molar-refractivity contribution < 1.29 is 14.7 Å². The number of aromatic nitrogens is 4. The van der Waals surface area contributed by atoms with E-state index in [9.17, 15) is 9.59 Å². The van der Waals surface area contributed by atoms with Crippen LogP contribution >= 0.6 is 0 Å². The number of anilines is 1. The molecule has 2 rings (SSSR count). The number of amides is 1. The molecule has 0 radical (unpaired) electrons. The Morgan fingerprint density at radius 1 is 1.39 bits per heavy atom. The molecule has 0 aliphatic carbocycles. The van der Waals surface area contributed by atoms with Crippen LogP contribution in [0.4, 0.5) is 5.69 Å². The molecule has 0 aliphatic heterocycles. The minimum absolute atomic E-state index is 0.0339. The zero-order valence-electron chi connectivity index (χ0n) is 9.12. The number of H-pyrrole nitrogens is 1. The molecular formula is C10H9N5O3. The van der Waals surface area contributed by atoms with E-state index in [4.69, 9.17) is 5.11 Å². The van der Waals surface area contributed by atoms with E-state index < -0.39 is 5.97 Å². The summed E-state index contributed by atoms with van der Waals surface area (Å²) in [5.41, 5.74) is 0.510. The summed E-state index contributed by atoms with van der Waals surface area (Å²) in [6.45, 7) is 0. The zero-order chi connectivity index (χ0) is 13.0. The van der Waals surface area contributed by atoms with Gasteiger partial charge in [0.2, 0.25) is 5.91 Å². The fourth-order valence-corrected chi connectivity index (χ4v) is 1.34. The van der Waals surface area contributed by atoms with Crippen LogP contribution in [0.3, 0.4) is 0 Å².